The van der Waals surface area contributed by atoms with Crippen molar-refractivity contribution in [1.29, 1.82) is 5.26 Å². The lowest BCUT2D eigenvalue weighted by Gasteiger charge is -2.13. The SMILES string of the molecule is CCOc1ccc(C(=C(C#N)CC(=O)O)c2ccc(OC)cc2)cc1. The van der Waals surface area contributed by atoms with Crippen LogP contribution < -0.4 is 9.47 Å². The molecular formula is C20H19NO4. The third kappa shape index (κ3) is 4.61. The average Bonchev–Trinajstić information content (AvgIpc) is 2.63. The maximum Gasteiger partial charge on any atom is 0.308 e. The van der Waals surface area contributed by atoms with Gasteiger partial charge in [0, 0.05) is 11.1 Å². The molecule has 5 nitrogen and oxygen atoms in total. The van der Waals surface area contributed by atoms with E-state index in [0.29, 0.717) is 17.9 Å². The molecule has 0 spiro atoms. The maximum atomic E-state index is 11.2. The highest BCUT2D eigenvalue weighted by molar-refractivity contribution is 5.88. The van der Waals surface area contributed by atoms with E-state index >= 15 is 0 Å². The molecule has 0 saturated carbocycles. The Morgan fingerprint density at radius 3 is 1.96 bits per heavy atom. The third-order valence-corrected chi connectivity index (χ3v) is 3.60. The largest absolute Gasteiger partial charge is 0.497 e. The summed E-state index contributed by atoms with van der Waals surface area (Å²) in [6.07, 6.45) is -0.342. The first kappa shape index (κ1) is 18.1. The fourth-order valence-corrected chi connectivity index (χ4v) is 2.49. The lowest BCUT2D eigenvalue weighted by atomic mass is 9.92. The van der Waals surface area contributed by atoms with Crippen LogP contribution in [0.1, 0.15) is 24.5 Å². The normalized spacial score (nSPS) is 11.2. The molecule has 128 valence electrons. The molecule has 0 unspecified atom stereocenters. The number of nitrogens with zero attached hydrogens (tertiary/aromatic N) is 1. The van der Waals surface area contributed by atoms with Gasteiger partial charge in [0.1, 0.15) is 11.5 Å². The van der Waals surface area contributed by atoms with Crippen molar-refractivity contribution >= 4 is 11.5 Å². The number of carbonyl (C=O) groups is 1. The molecule has 0 radical (unpaired) electrons. The first-order chi connectivity index (χ1) is 12.1. The predicted molar refractivity (Wildman–Crippen MR) is 94.5 cm³/mol. The third-order valence-electron chi connectivity index (χ3n) is 3.60. The molecule has 0 bridgehead atoms. The zero-order valence-corrected chi connectivity index (χ0v) is 14.2. The van der Waals surface area contributed by atoms with Gasteiger partial charge in [-0.2, -0.15) is 5.26 Å². The van der Waals surface area contributed by atoms with Crippen LogP contribution in [0.15, 0.2) is 54.1 Å². The first-order valence-corrected chi connectivity index (χ1v) is 7.81. The smallest absolute Gasteiger partial charge is 0.308 e. The van der Waals surface area contributed by atoms with E-state index in [4.69, 9.17) is 14.6 Å². The van der Waals surface area contributed by atoms with Crippen LogP contribution in [0.5, 0.6) is 11.5 Å². The van der Waals surface area contributed by atoms with Crippen molar-refractivity contribution in [2.45, 2.75) is 13.3 Å². The highest BCUT2D eigenvalue weighted by Gasteiger charge is 2.15. The number of aliphatic carboxylic acids is 1. The Morgan fingerprint density at radius 2 is 1.56 bits per heavy atom. The van der Waals surface area contributed by atoms with Gasteiger partial charge in [-0.3, -0.25) is 4.79 Å². The maximum absolute atomic E-state index is 11.2. The van der Waals surface area contributed by atoms with Gasteiger partial charge >= 0.3 is 5.97 Å². The van der Waals surface area contributed by atoms with Crippen LogP contribution in [0, 0.1) is 11.3 Å². The topological polar surface area (TPSA) is 79.5 Å². The molecule has 1 N–H and O–H groups in total. The van der Waals surface area contributed by atoms with Crippen LogP contribution in [-0.4, -0.2) is 24.8 Å². The van der Waals surface area contributed by atoms with Crippen molar-refractivity contribution < 1.29 is 19.4 Å². The Hall–Kier alpha value is -3.26. The summed E-state index contributed by atoms with van der Waals surface area (Å²) in [6.45, 7) is 2.46. The number of benzene rings is 2. The summed E-state index contributed by atoms with van der Waals surface area (Å²) in [5.74, 6) is 0.358. The summed E-state index contributed by atoms with van der Waals surface area (Å²) in [7, 11) is 1.57. The summed E-state index contributed by atoms with van der Waals surface area (Å²) < 4.78 is 10.6. The summed E-state index contributed by atoms with van der Waals surface area (Å²) in [6, 6.07) is 16.5. The molecule has 0 aliphatic carbocycles. The van der Waals surface area contributed by atoms with Gasteiger partial charge in [0.05, 0.1) is 26.2 Å². The van der Waals surface area contributed by atoms with E-state index in [-0.39, 0.29) is 12.0 Å². The first-order valence-electron chi connectivity index (χ1n) is 7.81. The molecule has 0 saturated heterocycles. The standard InChI is InChI=1S/C20H19NO4/c1-3-25-18-10-6-15(7-11-18)20(16(13-21)12-19(22)23)14-4-8-17(24-2)9-5-14/h4-11H,3,12H2,1-2H3,(H,22,23). The molecule has 2 aromatic carbocycles. The zero-order chi connectivity index (χ0) is 18.2. The summed E-state index contributed by atoms with van der Waals surface area (Å²) >= 11 is 0. The second-order valence-corrected chi connectivity index (χ2v) is 5.22. The van der Waals surface area contributed by atoms with Gasteiger partial charge in [0.2, 0.25) is 0 Å². The van der Waals surface area contributed by atoms with Crippen molar-refractivity contribution in [3.8, 4) is 17.6 Å². The lowest BCUT2D eigenvalue weighted by molar-refractivity contribution is -0.136. The van der Waals surface area contributed by atoms with Crippen molar-refractivity contribution in [1.82, 2.24) is 0 Å². The van der Waals surface area contributed by atoms with Crippen LogP contribution in [-0.2, 0) is 4.79 Å². The molecule has 0 fully saturated rings. The molecule has 0 heterocycles. The van der Waals surface area contributed by atoms with Gasteiger partial charge in [0.15, 0.2) is 0 Å². The van der Waals surface area contributed by atoms with E-state index in [2.05, 4.69) is 0 Å². The van der Waals surface area contributed by atoms with Crippen LogP contribution >= 0.6 is 0 Å². The fraction of sp³-hybridized carbons (Fsp3) is 0.200. The quantitative estimate of drug-likeness (QED) is 0.775. The van der Waals surface area contributed by atoms with E-state index in [1.165, 1.54) is 0 Å². The van der Waals surface area contributed by atoms with E-state index in [9.17, 15) is 10.1 Å². The minimum atomic E-state index is -1.05. The zero-order valence-electron chi connectivity index (χ0n) is 14.2. The number of hydrogen-bond acceptors (Lipinski definition) is 4. The number of nitriles is 1. The summed E-state index contributed by atoms with van der Waals surface area (Å²) in [5.41, 5.74) is 2.30. The molecule has 0 aliphatic rings. The Kier molecular flexibility index (Phi) is 6.19. The van der Waals surface area contributed by atoms with Gasteiger partial charge in [-0.25, -0.2) is 0 Å². The molecule has 0 amide bonds. The Labute approximate surface area is 146 Å². The van der Waals surface area contributed by atoms with Crippen molar-refractivity contribution in [3.05, 3.63) is 65.2 Å². The summed E-state index contributed by atoms with van der Waals surface area (Å²) in [5, 5.41) is 18.6. The number of hydrogen-bond donors (Lipinski definition) is 1. The van der Waals surface area contributed by atoms with E-state index in [1.54, 1.807) is 31.4 Å². The second-order valence-electron chi connectivity index (χ2n) is 5.22. The van der Waals surface area contributed by atoms with Gasteiger partial charge in [-0.05, 0) is 42.3 Å². The van der Waals surface area contributed by atoms with Crippen molar-refractivity contribution in [2.24, 2.45) is 0 Å². The number of carboxylic acid groups (broad SMARTS) is 1. The van der Waals surface area contributed by atoms with Gasteiger partial charge < -0.3 is 14.6 Å². The minimum absolute atomic E-state index is 0.196. The molecule has 2 rings (SSSR count). The van der Waals surface area contributed by atoms with Crippen molar-refractivity contribution in [3.63, 3.8) is 0 Å². The van der Waals surface area contributed by atoms with Crippen LogP contribution in [0.4, 0.5) is 0 Å². The van der Waals surface area contributed by atoms with Crippen LogP contribution in [0.2, 0.25) is 0 Å². The fourth-order valence-electron chi connectivity index (χ4n) is 2.49. The molecule has 0 aromatic heterocycles. The average molecular weight is 337 g/mol. The number of methoxy groups -OCH3 is 1. The molecule has 0 atom stereocenters. The number of rotatable bonds is 7. The summed E-state index contributed by atoms with van der Waals surface area (Å²) in [4.78, 5) is 11.2. The molecule has 25 heavy (non-hydrogen) atoms. The highest BCUT2D eigenvalue weighted by Crippen LogP contribution is 2.30. The molecular weight excluding hydrogens is 318 g/mol. The predicted octanol–water partition coefficient (Wildman–Crippen LogP) is 3.89. The van der Waals surface area contributed by atoms with E-state index in [0.717, 1.165) is 16.9 Å². The van der Waals surface area contributed by atoms with E-state index in [1.807, 2.05) is 37.3 Å². The highest BCUT2D eigenvalue weighted by atomic mass is 16.5. The number of ether oxygens (including phenoxy) is 2. The van der Waals surface area contributed by atoms with Gasteiger partial charge in [0.25, 0.3) is 0 Å². The molecule has 5 heteroatoms. The Balaban J connectivity index is 2.56. The monoisotopic (exact) mass is 337 g/mol. The van der Waals surface area contributed by atoms with Gasteiger partial charge in [-0.15, -0.1) is 0 Å². The van der Waals surface area contributed by atoms with Crippen LogP contribution in [0.25, 0.3) is 5.57 Å². The Morgan fingerprint density at radius 1 is 1.04 bits per heavy atom. The van der Waals surface area contributed by atoms with E-state index < -0.39 is 5.97 Å². The second kappa shape index (κ2) is 8.55. The minimum Gasteiger partial charge on any atom is -0.497 e. The van der Waals surface area contributed by atoms with Crippen LogP contribution in [0.3, 0.4) is 0 Å². The molecule has 2 aromatic rings. The number of carboxylic acids is 1. The lowest BCUT2D eigenvalue weighted by Crippen LogP contribution is -2.01. The Bertz CT molecular complexity index is 799. The van der Waals surface area contributed by atoms with Crippen molar-refractivity contribution in [2.75, 3.05) is 13.7 Å². The molecule has 0 aliphatic heterocycles. The van der Waals surface area contributed by atoms with Gasteiger partial charge in [-0.1, -0.05) is 24.3 Å².